The SMILES string of the molecule is O=C1NC(=O)C([N+](=O)[O-])C(C(=O)Nc2ccc(Cl)cc2)N1. The zero-order chi connectivity index (χ0) is 15.6. The van der Waals surface area contributed by atoms with Gasteiger partial charge >= 0.3 is 18.0 Å². The number of benzene rings is 1. The molecule has 0 radical (unpaired) electrons. The van der Waals surface area contributed by atoms with Crippen molar-refractivity contribution in [3.63, 3.8) is 0 Å². The molecule has 0 saturated carbocycles. The quantitative estimate of drug-likeness (QED) is 0.539. The van der Waals surface area contributed by atoms with E-state index in [4.69, 9.17) is 11.6 Å². The minimum absolute atomic E-state index is 0.326. The standard InChI is InChI=1S/C11H9ClN4O5/c12-5-1-3-6(4-2-5)13-9(17)7-8(16(20)21)10(18)15-11(19)14-7/h1-4,7-8H,(H,13,17)(H2,14,15,18,19). The molecule has 1 fully saturated rings. The van der Waals surface area contributed by atoms with Gasteiger partial charge in [-0.2, -0.15) is 0 Å². The molecule has 0 aliphatic carbocycles. The Balaban J connectivity index is 2.18. The van der Waals surface area contributed by atoms with Crippen molar-refractivity contribution in [1.82, 2.24) is 10.6 Å². The van der Waals surface area contributed by atoms with Crippen LogP contribution in [0.4, 0.5) is 10.5 Å². The predicted octanol–water partition coefficient (Wildman–Crippen LogP) is 0.132. The van der Waals surface area contributed by atoms with E-state index in [9.17, 15) is 24.5 Å². The van der Waals surface area contributed by atoms with Crippen LogP contribution in [-0.2, 0) is 9.59 Å². The minimum Gasteiger partial charge on any atom is -0.324 e. The van der Waals surface area contributed by atoms with Crippen LogP contribution in [0.2, 0.25) is 5.02 Å². The topological polar surface area (TPSA) is 130 Å². The molecule has 110 valence electrons. The van der Waals surface area contributed by atoms with Crippen molar-refractivity contribution in [3.8, 4) is 0 Å². The number of hydrogen-bond acceptors (Lipinski definition) is 5. The first kappa shape index (κ1) is 14.7. The summed E-state index contributed by atoms with van der Waals surface area (Å²) in [5, 5.41) is 17.5. The summed E-state index contributed by atoms with van der Waals surface area (Å²) in [6.45, 7) is 0. The fourth-order valence-corrected chi connectivity index (χ4v) is 1.90. The van der Waals surface area contributed by atoms with Gasteiger partial charge < -0.3 is 10.6 Å². The van der Waals surface area contributed by atoms with Crippen molar-refractivity contribution >= 4 is 35.1 Å². The molecule has 1 aliphatic heterocycles. The summed E-state index contributed by atoms with van der Waals surface area (Å²) in [6.07, 6.45) is 0. The fraction of sp³-hybridized carbons (Fsp3) is 0.182. The molecule has 1 heterocycles. The Bertz CT molecular complexity index is 618. The van der Waals surface area contributed by atoms with Gasteiger partial charge in [-0.05, 0) is 24.3 Å². The molecular formula is C11H9ClN4O5. The maximum Gasteiger partial charge on any atom is 0.322 e. The van der Waals surface area contributed by atoms with Crippen LogP contribution in [0.25, 0.3) is 0 Å². The molecule has 2 unspecified atom stereocenters. The molecule has 10 heteroatoms. The smallest absolute Gasteiger partial charge is 0.322 e. The van der Waals surface area contributed by atoms with Crippen molar-refractivity contribution in [1.29, 1.82) is 0 Å². The highest BCUT2D eigenvalue weighted by Gasteiger charge is 2.48. The van der Waals surface area contributed by atoms with Crippen LogP contribution in [0.3, 0.4) is 0 Å². The molecule has 1 aromatic carbocycles. The fourth-order valence-electron chi connectivity index (χ4n) is 1.77. The van der Waals surface area contributed by atoms with E-state index in [1.54, 1.807) is 5.32 Å². The van der Waals surface area contributed by atoms with E-state index in [1.165, 1.54) is 24.3 Å². The Morgan fingerprint density at radius 1 is 1.29 bits per heavy atom. The predicted molar refractivity (Wildman–Crippen MR) is 71.3 cm³/mol. The maximum absolute atomic E-state index is 12.0. The van der Waals surface area contributed by atoms with E-state index in [0.717, 1.165) is 0 Å². The number of amides is 4. The Kier molecular flexibility index (Phi) is 4.03. The largest absolute Gasteiger partial charge is 0.324 e. The Labute approximate surface area is 122 Å². The summed E-state index contributed by atoms with van der Waals surface area (Å²) in [7, 11) is 0. The third-order valence-electron chi connectivity index (χ3n) is 2.73. The second kappa shape index (κ2) is 5.75. The van der Waals surface area contributed by atoms with Gasteiger partial charge in [-0.1, -0.05) is 11.6 Å². The average molecular weight is 313 g/mol. The molecule has 0 spiro atoms. The summed E-state index contributed by atoms with van der Waals surface area (Å²) in [4.78, 5) is 44.6. The average Bonchev–Trinajstić information content (AvgIpc) is 2.39. The third kappa shape index (κ3) is 3.26. The molecule has 3 N–H and O–H groups in total. The maximum atomic E-state index is 12.0. The zero-order valence-electron chi connectivity index (χ0n) is 10.3. The van der Waals surface area contributed by atoms with E-state index in [1.807, 2.05) is 0 Å². The normalized spacial score (nSPS) is 21.2. The van der Waals surface area contributed by atoms with Crippen LogP contribution in [0.15, 0.2) is 24.3 Å². The lowest BCUT2D eigenvalue weighted by Crippen LogP contribution is -2.67. The van der Waals surface area contributed by atoms with E-state index in [0.29, 0.717) is 10.7 Å². The van der Waals surface area contributed by atoms with Crippen LogP contribution in [0.5, 0.6) is 0 Å². The first-order valence-electron chi connectivity index (χ1n) is 5.70. The van der Waals surface area contributed by atoms with Crippen molar-refractivity contribution in [2.45, 2.75) is 12.1 Å². The number of halogens is 1. The summed E-state index contributed by atoms with van der Waals surface area (Å²) < 4.78 is 0. The van der Waals surface area contributed by atoms with Crippen LogP contribution >= 0.6 is 11.6 Å². The van der Waals surface area contributed by atoms with Crippen molar-refractivity contribution in [2.24, 2.45) is 0 Å². The number of rotatable bonds is 3. The van der Waals surface area contributed by atoms with Gasteiger partial charge in [-0.15, -0.1) is 0 Å². The summed E-state index contributed by atoms with van der Waals surface area (Å²) in [5.41, 5.74) is 0.326. The number of nitro groups is 1. The lowest BCUT2D eigenvalue weighted by molar-refractivity contribution is -0.509. The Morgan fingerprint density at radius 2 is 1.90 bits per heavy atom. The number of anilines is 1. The van der Waals surface area contributed by atoms with Crippen LogP contribution in [0, 0.1) is 10.1 Å². The summed E-state index contributed by atoms with van der Waals surface area (Å²) >= 11 is 5.69. The van der Waals surface area contributed by atoms with Gasteiger partial charge in [0.2, 0.25) is 0 Å². The van der Waals surface area contributed by atoms with Gasteiger partial charge in [-0.3, -0.25) is 25.0 Å². The van der Waals surface area contributed by atoms with Crippen molar-refractivity contribution in [3.05, 3.63) is 39.4 Å². The molecule has 21 heavy (non-hydrogen) atoms. The first-order valence-corrected chi connectivity index (χ1v) is 6.07. The Hall–Kier alpha value is -2.68. The van der Waals surface area contributed by atoms with Crippen LogP contribution in [0.1, 0.15) is 0 Å². The lowest BCUT2D eigenvalue weighted by atomic mass is 10.1. The monoisotopic (exact) mass is 312 g/mol. The van der Waals surface area contributed by atoms with Gasteiger partial charge in [-0.25, -0.2) is 4.79 Å². The molecule has 1 saturated heterocycles. The highest BCUT2D eigenvalue weighted by atomic mass is 35.5. The van der Waals surface area contributed by atoms with E-state index >= 15 is 0 Å². The van der Waals surface area contributed by atoms with Gasteiger partial charge in [0, 0.05) is 15.6 Å². The highest BCUT2D eigenvalue weighted by Crippen LogP contribution is 2.14. The minimum atomic E-state index is -1.89. The zero-order valence-corrected chi connectivity index (χ0v) is 11.1. The molecule has 9 nitrogen and oxygen atoms in total. The molecule has 4 amide bonds. The molecule has 0 aromatic heterocycles. The molecule has 2 atom stereocenters. The number of hydrogen-bond donors (Lipinski definition) is 3. The second-order valence-electron chi connectivity index (χ2n) is 4.17. The van der Waals surface area contributed by atoms with Crippen LogP contribution in [-0.4, -0.2) is 34.9 Å². The lowest BCUT2D eigenvalue weighted by Gasteiger charge is -2.24. The number of urea groups is 1. The van der Waals surface area contributed by atoms with Crippen molar-refractivity contribution in [2.75, 3.05) is 5.32 Å². The van der Waals surface area contributed by atoms with Gasteiger partial charge in [0.15, 0.2) is 6.04 Å². The highest BCUT2D eigenvalue weighted by molar-refractivity contribution is 6.30. The number of nitrogens with one attached hydrogen (secondary N) is 3. The molecule has 1 aliphatic rings. The number of carbonyl (C=O) groups is 3. The van der Waals surface area contributed by atoms with Gasteiger partial charge in [0.1, 0.15) is 0 Å². The van der Waals surface area contributed by atoms with E-state index < -0.39 is 34.9 Å². The first-order chi connectivity index (χ1) is 9.88. The number of carbonyl (C=O) groups excluding carboxylic acids is 3. The third-order valence-corrected chi connectivity index (χ3v) is 2.98. The Morgan fingerprint density at radius 3 is 2.48 bits per heavy atom. The molecular weight excluding hydrogens is 304 g/mol. The molecule has 2 rings (SSSR count). The van der Waals surface area contributed by atoms with Gasteiger partial charge in [0.05, 0.1) is 0 Å². The second-order valence-corrected chi connectivity index (χ2v) is 4.60. The molecule has 0 bridgehead atoms. The number of nitrogens with zero attached hydrogens (tertiary/aromatic N) is 1. The number of imide groups is 1. The van der Waals surface area contributed by atoms with Gasteiger partial charge in [0.25, 0.3) is 5.91 Å². The van der Waals surface area contributed by atoms with Crippen molar-refractivity contribution < 1.29 is 19.3 Å². The summed E-state index contributed by atoms with van der Waals surface area (Å²) in [6, 6.07) is 1.52. The molecule has 1 aromatic rings. The van der Waals surface area contributed by atoms with E-state index in [-0.39, 0.29) is 0 Å². The van der Waals surface area contributed by atoms with E-state index in [2.05, 4.69) is 10.6 Å². The summed E-state index contributed by atoms with van der Waals surface area (Å²) in [5.74, 6) is -2.01. The van der Waals surface area contributed by atoms with Crippen LogP contribution < -0.4 is 16.0 Å².